The van der Waals surface area contributed by atoms with Gasteiger partial charge < -0.3 is 9.72 Å². The molecule has 1 heterocycles. The van der Waals surface area contributed by atoms with Crippen molar-refractivity contribution in [1.29, 1.82) is 0 Å². The predicted molar refractivity (Wildman–Crippen MR) is 68.1 cm³/mol. The van der Waals surface area contributed by atoms with E-state index in [1.807, 2.05) is 39.1 Å². The molecule has 0 spiro atoms. The maximum atomic E-state index is 11.8. The summed E-state index contributed by atoms with van der Waals surface area (Å²) in [6.07, 6.45) is 1.97. The maximum absolute atomic E-state index is 11.8. The first-order chi connectivity index (χ1) is 7.96. The molecule has 1 aromatic heterocycles. The first kappa shape index (κ1) is 11.7. The standard InChI is InChI=1S/C14H17NO2/c1-9-8-15-12-6-5-10(7-11(9)12)14(2,3)13(16)17-4/h5-8,15H,1-4H3. The number of esters is 1. The third kappa shape index (κ3) is 1.82. The van der Waals surface area contributed by atoms with Crippen LogP contribution in [0.3, 0.4) is 0 Å². The Morgan fingerprint density at radius 2 is 2.06 bits per heavy atom. The summed E-state index contributed by atoms with van der Waals surface area (Å²) >= 11 is 0. The lowest BCUT2D eigenvalue weighted by Crippen LogP contribution is -2.30. The predicted octanol–water partition coefficient (Wildman–Crippen LogP) is 2.93. The van der Waals surface area contributed by atoms with Gasteiger partial charge in [-0.3, -0.25) is 4.79 Å². The van der Waals surface area contributed by atoms with Crippen LogP contribution in [-0.2, 0) is 14.9 Å². The van der Waals surface area contributed by atoms with Gasteiger partial charge in [0, 0.05) is 17.1 Å². The van der Waals surface area contributed by atoms with Gasteiger partial charge in [-0.2, -0.15) is 0 Å². The van der Waals surface area contributed by atoms with Gasteiger partial charge in [-0.15, -0.1) is 0 Å². The molecule has 0 aliphatic heterocycles. The van der Waals surface area contributed by atoms with Gasteiger partial charge in [-0.1, -0.05) is 6.07 Å². The normalized spacial score (nSPS) is 11.8. The van der Waals surface area contributed by atoms with Crippen molar-refractivity contribution < 1.29 is 9.53 Å². The Hall–Kier alpha value is -1.77. The highest BCUT2D eigenvalue weighted by Gasteiger charge is 2.31. The summed E-state index contributed by atoms with van der Waals surface area (Å²) < 4.78 is 4.85. The van der Waals surface area contributed by atoms with Crippen molar-refractivity contribution in [2.24, 2.45) is 0 Å². The summed E-state index contributed by atoms with van der Waals surface area (Å²) in [5, 5.41) is 1.15. The number of carbonyl (C=O) groups excluding carboxylic acids is 1. The zero-order chi connectivity index (χ0) is 12.6. The molecule has 0 atom stereocenters. The fourth-order valence-electron chi connectivity index (χ4n) is 2.02. The topological polar surface area (TPSA) is 42.1 Å². The largest absolute Gasteiger partial charge is 0.468 e. The third-order valence-corrected chi connectivity index (χ3v) is 3.31. The fraction of sp³-hybridized carbons (Fsp3) is 0.357. The SMILES string of the molecule is COC(=O)C(C)(C)c1ccc2[nH]cc(C)c2c1. The minimum Gasteiger partial charge on any atom is -0.468 e. The highest BCUT2D eigenvalue weighted by molar-refractivity contribution is 5.87. The number of methoxy groups -OCH3 is 1. The lowest BCUT2D eigenvalue weighted by Gasteiger charge is -2.22. The lowest BCUT2D eigenvalue weighted by molar-refractivity contribution is -0.146. The van der Waals surface area contributed by atoms with Crippen molar-refractivity contribution in [3.8, 4) is 0 Å². The molecule has 0 aliphatic rings. The van der Waals surface area contributed by atoms with E-state index in [1.54, 1.807) is 0 Å². The van der Waals surface area contributed by atoms with E-state index in [2.05, 4.69) is 11.1 Å². The Morgan fingerprint density at radius 1 is 1.35 bits per heavy atom. The Balaban J connectivity index is 2.55. The highest BCUT2D eigenvalue weighted by Crippen LogP contribution is 2.28. The molecule has 0 saturated carbocycles. The molecule has 1 N–H and O–H groups in total. The molecule has 3 nitrogen and oxygen atoms in total. The molecule has 17 heavy (non-hydrogen) atoms. The zero-order valence-corrected chi connectivity index (χ0v) is 10.6. The van der Waals surface area contributed by atoms with E-state index in [9.17, 15) is 4.79 Å². The summed E-state index contributed by atoms with van der Waals surface area (Å²) in [6.45, 7) is 5.80. The third-order valence-electron chi connectivity index (χ3n) is 3.31. The van der Waals surface area contributed by atoms with Crippen LogP contribution in [0.2, 0.25) is 0 Å². The van der Waals surface area contributed by atoms with E-state index in [1.165, 1.54) is 12.7 Å². The zero-order valence-electron chi connectivity index (χ0n) is 10.6. The van der Waals surface area contributed by atoms with Crippen LogP contribution in [0.15, 0.2) is 24.4 Å². The summed E-state index contributed by atoms with van der Waals surface area (Å²) in [7, 11) is 1.42. The summed E-state index contributed by atoms with van der Waals surface area (Å²) in [5.74, 6) is -0.218. The van der Waals surface area contributed by atoms with Crippen LogP contribution >= 0.6 is 0 Å². The van der Waals surface area contributed by atoms with Gasteiger partial charge in [-0.25, -0.2) is 0 Å². The van der Waals surface area contributed by atoms with E-state index in [4.69, 9.17) is 4.74 Å². The van der Waals surface area contributed by atoms with Crippen LogP contribution < -0.4 is 0 Å². The molecule has 90 valence electrons. The average molecular weight is 231 g/mol. The van der Waals surface area contributed by atoms with Crippen LogP contribution in [0.5, 0.6) is 0 Å². The number of ether oxygens (including phenoxy) is 1. The van der Waals surface area contributed by atoms with Crippen molar-refractivity contribution in [2.75, 3.05) is 7.11 Å². The van der Waals surface area contributed by atoms with E-state index in [-0.39, 0.29) is 5.97 Å². The van der Waals surface area contributed by atoms with Crippen LogP contribution in [0.1, 0.15) is 25.0 Å². The summed E-state index contributed by atoms with van der Waals surface area (Å²) in [5.41, 5.74) is 2.63. The lowest BCUT2D eigenvalue weighted by atomic mass is 9.84. The molecule has 3 heteroatoms. The number of H-pyrrole nitrogens is 1. The summed E-state index contributed by atoms with van der Waals surface area (Å²) in [4.78, 5) is 15.0. The minimum atomic E-state index is -0.618. The number of aromatic nitrogens is 1. The fourth-order valence-corrected chi connectivity index (χ4v) is 2.02. The number of fused-ring (bicyclic) bond motifs is 1. The van der Waals surface area contributed by atoms with Gasteiger partial charge in [0.25, 0.3) is 0 Å². The van der Waals surface area contributed by atoms with Gasteiger partial charge >= 0.3 is 5.97 Å². The maximum Gasteiger partial charge on any atom is 0.315 e. The second-order valence-corrected chi connectivity index (χ2v) is 4.85. The van der Waals surface area contributed by atoms with Crippen LogP contribution in [0, 0.1) is 6.92 Å². The number of hydrogen-bond donors (Lipinski definition) is 1. The van der Waals surface area contributed by atoms with Crippen LogP contribution in [-0.4, -0.2) is 18.1 Å². The van der Waals surface area contributed by atoms with Gasteiger partial charge in [0.05, 0.1) is 12.5 Å². The molecule has 0 amide bonds. The van der Waals surface area contributed by atoms with Crippen molar-refractivity contribution in [3.05, 3.63) is 35.5 Å². The number of rotatable bonds is 2. The molecule has 0 saturated heterocycles. The Morgan fingerprint density at radius 3 is 2.71 bits per heavy atom. The van der Waals surface area contributed by atoms with Gasteiger partial charge in [0.15, 0.2) is 0 Å². The van der Waals surface area contributed by atoms with Crippen molar-refractivity contribution in [1.82, 2.24) is 4.98 Å². The van der Waals surface area contributed by atoms with Gasteiger partial charge in [-0.05, 0) is 44.0 Å². The van der Waals surface area contributed by atoms with Crippen LogP contribution in [0.25, 0.3) is 10.9 Å². The molecule has 0 aliphatic carbocycles. The number of aromatic amines is 1. The molecule has 0 bridgehead atoms. The van der Waals surface area contributed by atoms with Gasteiger partial charge in [0.2, 0.25) is 0 Å². The van der Waals surface area contributed by atoms with E-state index < -0.39 is 5.41 Å². The highest BCUT2D eigenvalue weighted by atomic mass is 16.5. The monoisotopic (exact) mass is 231 g/mol. The van der Waals surface area contributed by atoms with E-state index >= 15 is 0 Å². The molecule has 2 aromatic rings. The molecule has 0 fully saturated rings. The molecule has 1 aromatic carbocycles. The van der Waals surface area contributed by atoms with E-state index in [0.29, 0.717) is 0 Å². The van der Waals surface area contributed by atoms with Crippen molar-refractivity contribution in [2.45, 2.75) is 26.2 Å². The first-order valence-electron chi connectivity index (χ1n) is 5.63. The summed E-state index contributed by atoms with van der Waals surface area (Å²) in [6, 6.07) is 6.02. The Kier molecular flexibility index (Phi) is 2.69. The molecular formula is C14H17NO2. The second-order valence-electron chi connectivity index (χ2n) is 4.85. The number of benzene rings is 1. The van der Waals surface area contributed by atoms with Gasteiger partial charge in [0.1, 0.15) is 0 Å². The first-order valence-corrected chi connectivity index (χ1v) is 5.63. The van der Waals surface area contributed by atoms with Crippen molar-refractivity contribution >= 4 is 16.9 Å². The van der Waals surface area contributed by atoms with E-state index in [0.717, 1.165) is 16.5 Å². The second kappa shape index (κ2) is 3.91. The average Bonchev–Trinajstić information content (AvgIpc) is 2.69. The number of carbonyl (C=O) groups is 1. The molecular weight excluding hydrogens is 214 g/mol. The molecule has 2 rings (SSSR count). The number of aryl methyl sites for hydroxylation is 1. The van der Waals surface area contributed by atoms with Crippen LogP contribution in [0.4, 0.5) is 0 Å². The minimum absolute atomic E-state index is 0.218. The Bertz CT molecular complexity index is 567. The number of nitrogens with one attached hydrogen (secondary N) is 1. The molecule has 0 unspecified atom stereocenters. The van der Waals surface area contributed by atoms with Crippen molar-refractivity contribution in [3.63, 3.8) is 0 Å². The quantitative estimate of drug-likeness (QED) is 0.807. The molecule has 0 radical (unpaired) electrons. The smallest absolute Gasteiger partial charge is 0.315 e. The Labute approximate surface area is 101 Å². The number of hydrogen-bond acceptors (Lipinski definition) is 2.